The smallest absolute Gasteiger partial charge is 0.435 e. The van der Waals surface area contributed by atoms with Crippen LogP contribution in [-0.2, 0) is 4.74 Å². The molecule has 0 saturated carbocycles. The van der Waals surface area contributed by atoms with E-state index in [9.17, 15) is 4.79 Å². The minimum absolute atomic E-state index is 0.451. The number of rotatable bonds is 10. The Balaban J connectivity index is 0.000000379. The molecule has 200 valence electrons. The number of aromatic nitrogens is 4. The number of nitrogens with one attached hydrogen (secondary N) is 1. The quantitative estimate of drug-likeness (QED) is 0.397. The van der Waals surface area contributed by atoms with Crippen molar-refractivity contribution in [2.75, 3.05) is 13.2 Å². The zero-order valence-corrected chi connectivity index (χ0v) is 23.7. The van der Waals surface area contributed by atoms with Crippen LogP contribution in [0.2, 0.25) is 0 Å². The summed E-state index contributed by atoms with van der Waals surface area (Å²) in [6, 6.07) is 3.53. The summed E-state index contributed by atoms with van der Waals surface area (Å²) in [6.45, 7) is 24.5. The largest absolute Gasteiger partial charge is 0.478 e. The lowest BCUT2D eigenvalue weighted by Crippen LogP contribution is -2.27. The molecule has 0 aliphatic heterocycles. The fourth-order valence-electron chi connectivity index (χ4n) is 3.80. The molecule has 0 spiro atoms. The number of H-pyrrole nitrogens is 1. The molecule has 0 amide bonds. The topological polar surface area (TPSA) is 91.3 Å². The van der Waals surface area contributed by atoms with Crippen molar-refractivity contribution in [3.63, 3.8) is 0 Å². The molecule has 0 bridgehead atoms. The van der Waals surface area contributed by atoms with Crippen LogP contribution >= 0.6 is 0 Å². The van der Waals surface area contributed by atoms with Gasteiger partial charge in [0.2, 0.25) is 11.8 Å². The predicted octanol–water partition coefficient (Wildman–Crippen LogP) is 6.69. The van der Waals surface area contributed by atoms with Gasteiger partial charge in [-0.15, -0.1) is 5.10 Å². The maximum Gasteiger partial charge on any atom is 0.435 e. The van der Waals surface area contributed by atoms with Crippen molar-refractivity contribution in [2.45, 2.75) is 81.8 Å². The molecule has 0 aromatic carbocycles. The van der Waals surface area contributed by atoms with Crippen LogP contribution in [0.4, 0.5) is 4.79 Å². The second-order valence-electron chi connectivity index (χ2n) is 11.4. The van der Waals surface area contributed by atoms with Crippen molar-refractivity contribution in [1.82, 2.24) is 20.0 Å². The fraction of sp³-hybridized carbons (Fsp3) is 0.741. The Labute approximate surface area is 212 Å². The van der Waals surface area contributed by atoms with E-state index in [0.717, 1.165) is 12.5 Å². The first-order chi connectivity index (χ1) is 16.2. The van der Waals surface area contributed by atoms with E-state index in [1.54, 1.807) is 18.5 Å². The van der Waals surface area contributed by atoms with Crippen molar-refractivity contribution in [3.05, 3.63) is 24.5 Å². The first-order valence-corrected chi connectivity index (χ1v) is 12.7. The lowest BCUT2D eigenvalue weighted by atomic mass is 9.86. The first-order valence-electron chi connectivity index (χ1n) is 12.7. The lowest BCUT2D eigenvalue weighted by Gasteiger charge is -2.24. The van der Waals surface area contributed by atoms with Crippen molar-refractivity contribution in [2.24, 2.45) is 35.5 Å². The van der Waals surface area contributed by atoms with Crippen LogP contribution < -0.4 is 9.47 Å². The maximum absolute atomic E-state index is 11.9. The number of carbonyl (C=O) groups is 1. The van der Waals surface area contributed by atoms with E-state index >= 15 is 0 Å². The van der Waals surface area contributed by atoms with E-state index in [-0.39, 0.29) is 0 Å². The fourth-order valence-corrected chi connectivity index (χ4v) is 3.80. The molecular weight excluding hydrogens is 444 g/mol. The van der Waals surface area contributed by atoms with E-state index < -0.39 is 11.7 Å². The van der Waals surface area contributed by atoms with Crippen molar-refractivity contribution >= 4 is 6.09 Å². The monoisotopic (exact) mass is 492 g/mol. The number of hydrogen-bond acceptors (Lipinski definition) is 6. The molecule has 0 saturated heterocycles. The number of hydrogen-bond donors (Lipinski definition) is 1. The Hall–Kier alpha value is -2.51. The normalized spacial score (nSPS) is 12.0. The molecule has 35 heavy (non-hydrogen) atoms. The summed E-state index contributed by atoms with van der Waals surface area (Å²) in [7, 11) is 0. The number of carbonyl (C=O) groups excluding carboxylic acids is 1. The van der Waals surface area contributed by atoms with Crippen LogP contribution in [0.3, 0.4) is 0 Å². The molecule has 0 atom stereocenters. The highest BCUT2D eigenvalue weighted by molar-refractivity contribution is 5.69. The van der Waals surface area contributed by atoms with E-state index in [4.69, 9.17) is 14.2 Å². The zero-order valence-electron chi connectivity index (χ0n) is 23.7. The van der Waals surface area contributed by atoms with Gasteiger partial charge in [-0.2, -0.15) is 9.78 Å². The van der Waals surface area contributed by atoms with Gasteiger partial charge in [0.15, 0.2) is 0 Å². The van der Waals surface area contributed by atoms with Crippen LogP contribution in [0, 0.1) is 35.5 Å². The van der Waals surface area contributed by atoms with Gasteiger partial charge in [0.05, 0.1) is 19.4 Å². The highest BCUT2D eigenvalue weighted by atomic mass is 16.6. The minimum atomic E-state index is -0.537. The number of ether oxygens (including phenoxy) is 3. The van der Waals surface area contributed by atoms with Crippen LogP contribution in [0.1, 0.15) is 76.2 Å². The summed E-state index contributed by atoms with van der Waals surface area (Å²) in [5.41, 5.74) is -0.537. The van der Waals surface area contributed by atoms with E-state index in [1.165, 1.54) is 4.68 Å². The van der Waals surface area contributed by atoms with Crippen LogP contribution in [0.5, 0.6) is 11.8 Å². The van der Waals surface area contributed by atoms with E-state index in [0.29, 0.717) is 48.0 Å². The molecule has 2 aromatic rings. The minimum Gasteiger partial charge on any atom is -0.478 e. The third-order valence-electron chi connectivity index (χ3n) is 5.90. The van der Waals surface area contributed by atoms with Gasteiger partial charge < -0.3 is 14.2 Å². The number of nitrogens with zero attached hydrogens (tertiary/aromatic N) is 3. The maximum atomic E-state index is 11.9. The average molecular weight is 493 g/mol. The van der Waals surface area contributed by atoms with Crippen LogP contribution in [0.15, 0.2) is 24.5 Å². The molecular formula is C27H48N4O4. The molecule has 2 heterocycles. The molecule has 1 N–H and O–H groups in total. The second kappa shape index (κ2) is 14.1. The highest BCUT2D eigenvalue weighted by Crippen LogP contribution is 2.22. The molecule has 0 radical (unpaired) electrons. The summed E-state index contributed by atoms with van der Waals surface area (Å²) in [5, 5.41) is 10.7. The Bertz CT molecular complexity index is 820. The molecule has 8 nitrogen and oxygen atoms in total. The van der Waals surface area contributed by atoms with Crippen molar-refractivity contribution < 1.29 is 19.0 Å². The third kappa shape index (κ3) is 11.6. The van der Waals surface area contributed by atoms with Crippen LogP contribution in [0.25, 0.3) is 0 Å². The Morgan fingerprint density at radius 1 is 0.886 bits per heavy atom. The van der Waals surface area contributed by atoms with Gasteiger partial charge in [-0.3, -0.25) is 0 Å². The first kappa shape index (κ1) is 30.5. The van der Waals surface area contributed by atoms with Crippen molar-refractivity contribution in [3.8, 4) is 11.8 Å². The molecule has 0 unspecified atom stereocenters. The summed E-state index contributed by atoms with van der Waals surface area (Å²) in [6.07, 6.45) is 2.76. The van der Waals surface area contributed by atoms with Crippen LogP contribution in [-0.4, -0.2) is 44.9 Å². The summed E-state index contributed by atoms with van der Waals surface area (Å²) in [5.74, 6) is 4.64. The molecule has 2 aromatic heterocycles. The lowest BCUT2D eigenvalue weighted by molar-refractivity contribution is 0.0510. The standard InChI is InChI=1S/C16H28N2O3.C11H20N2O/c1-11(2)13(12(3)4)10-20-14-8-9-18(17-14)15(19)21-16(5,6)7;1-8(2)10(9(3)4)7-14-11-5-6-12-13-11/h8-9,11-13H,10H2,1-7H3;5-6,8-10H,7H2,1-4H3,(H,12,13). The summed E-state index contributed by atoms with van der Waals surface area (Å²) >= 11 is 0. The molecule has 8 heteroatoms. The van der Waals surface area contributed by atoms with Crippen molar-refractivity contribution in [1.29, 1.82) is 0 Å². The molecule has 0 aliphatic carbocycles. The Morgan fingerprint density at radius 3 is 1.83 bits per heavy atom. The van der Waals surface area contributed by atoms with Gasteiger partial charge in [0.25, 0.3) is 0 Å². The predicted molar refractivity (Wildman–Crippen MR) is 140 cm³/mol. The Morgan fingerprint density at radius 2 is 1.40 bits per heavy atom. The average Bonchev–Trinajstić information content (AvgIpc) is 3.38. The van der Waals surface area contributed by atoms with E-state index in [1.807, 2.05) is 26.8 Å². The zero-order chi connectivity index (χ0) is 26.8. The molecule has 0 fully saturated rings. The Kier molecular flexibility index (Phi) is 12.3. The van der Waals surface area contributed by atoms with Gasteiger partial charge in [-0.1, -0.05) is 55.4 Å². The van der Waals surface area contributed by atoms with Gasteiger partial charge in [-0.25, -0.2) is 9.89 Å². The second-order valence-corrected chi connectivity index (χ2v) is 11.4. The van der Waals surface area contributed by atoms with Gasteiger partial charge in [-0.05, 0) is 56.3 Å². The summed E-state index contributed by atoms with van der Waals surface area (Å²) in [4.78, 5) is 11.9. The van der Waals surface area contributed by atoms with Gasteiger partial charge in [0.1, 0.15) is 5.60 Å². The van der Waals surface area contributed by atoms with Gasteiger partial charge in [0, 0.05) is 18.3 Å². The van der Waals surface area contributed by atoms with E-state index in [2.05, 4.69) is 70.7 Å². The SMILES string of the molecule is CC(C)C(COc1ccn(C(=O)OC(C)(C)C)n1)C(C)C.CC(C)C(COc1ccn[nH]1)C(C)C. The third-order valence-corrected chi connectivity index (χ3v) is 5.90. The highest BCUT2D eigenvalue weighted by Gasteiger charge is 2.21. The van der Waals surface area contributed by atoms with Gasteiger partial charge >= 0.3 is 6.09 Å². The molecule has 0 aliphatic rings. The summed E-state index contributed by atoms with van der Waals surface area (Å²) < 4.78 is 17.7. The number of aromatic amines is 1. The molecule has 2 rings (SSSR count).